The fourth-order valence-corrected chi connectivity index (χ4v) is 3.02. The van der Waals surface area contributed by atoms with E-state index in [4.69, 9.17) is 0 Å². The number of piperidine rings is 1. The van der Waals surface area contributed by atoms with Crippen molar-refractivity contribution in [1.82, 2.24) is 15.1 Å². The van der Waals surface area contributed by atoms with Gasteiger partial charge in [-0.2, -0.15) is 5.10 Å². The zero-order chi connectivity index (χ0) is 14.7. The number of benzene rings is 1. The van der Waals surface area contributed by atoms with Gasteiger partial charge in [-0.25, -0.2) is 0 Å². The molecule has 0 saturated carbocycles. The largest absolute Gasteiger partial charge is 0.337 e. The Bertz CT molecular complexity index is 619. The average molecular weight is 281 g/mol. The Morgan fingerprint density at radius 2 is 1.90 bits per heavy atom. The number of nitrogens with zero attached hydrogens (tertiary/aromatic N) is 3. The number of hydrogen-bond donors (Lipinski definition) is 0. The molecule has 21 heavy (non-hydrogen) atoms. The van der Waals surface area contributed by atoms with Crippen LogP contribution in [0.2, 0.25) is 0 Å². The number of hydrogen-bond acceptors (Lipinski definition) is 3. The molecular weight excluding hydrogens is 262 g/mol. The predicted octanol–water partition coefficient (Wildman–Crippen LogP) is 2.80. The Balaban J connectivity index is 1.66. The summed E-state index contributed by atoms with van der Waals surface area (Å²) in [5, 5.41) is 7.68. The quantitative estimate of drug-likeness (QED) is 0.850. The van der Waals surface area contributed by atoms with E-state index in [0.717, 1.165) is 25.9 Å². The van der Waals surface area contributed by atoms with Crippen molar-refractivity contribution in [3.8, 4) is 0 Å². The molecule has 0 radical (unpaired) electrons. The number of likely N-dealkylation sites (tertiary alicyclic amines) is 1. The van der Waals surface area contributed by atoms with Gasteiger partial charge in [0.1, 0.15) is 0 Å². The molecule has 0 unspecified atom stereocenters. The number of aromatic nitrogens is 2. The normalized spacial score (nSPS) is 16.0. The second kappa shape index (κ2) is 6.04. The van der Waals surface area contributed by atoms with Gasteiger partial charge in [-0.3, -0.25) is 4.79 Å². The van der Waals surface area contributed by atoms with Crippen molar-refractivity contribution in [1.29, 1.82) is 0 Å². The Labute approximate surface area is 124 Å². The van der Waals surface area contributed by atoms with Crippen LogP contribution in [-0.4, -0.2) is 34.1 Å². The van der Waals surface area contributed by atoms with Crippen LogP contribution in [0.3, 0.4) is 0 Å². The Kier molecular flexibility index (Phi) is 3.95. The Morgan fingerprint density at radius 3 is 2.57 bits per heavy atom. The molecule has 2 heterocycles. The highest BCUT2D eigenvalue weighted by Crippen LogP contribution is 2.30. The van der Waals surface area contributed by atoms with E-state index < -0.39 is 0 Å². The van der Waals surface area contributed by atoms with Crippen LogP contribution in [0.25, 0.3) is 0 Å². The first-order valence-corrected chi connectivity index (χ1v) is 7.38. The minimum Gasteiger partial charge on any atom is -0.337 e. The number of rotatable bonds is 2. The van der Waals surface area contributed by atoms with Crippen molar-refractivity contribution in [3.63, 3.8) is 0 Å². The lowest BCUT2D eigenvalue weighted by atomic mass is 9.87. The maximum Gasteiger partial charge on any atom is 0.274 e. The van der Waals surface area contributed by atoms with Crippen molar-refractivity contribution >= 4 is 5.91 Å². The monoisotopic (exact) mass is 281 g/mol. The molecule has 0 aliphatic carbocycles. The van der Waals surface area contributed by atoms with Gasteiger partial charge in [-0.15, -0.1) is 5.10 Å². The molecule has 1 amide bonds. The van der Waals surface area contributed by atoms with Crippen LogP contribution in [0.15, 0.2) is 42.6 Å². The first-order chi connectivity index (χ1) is 10.3. The third-order valence-corrected chi connectivity index (χ3v) is 4.20. The zero-order valence-electron chi connectivity index (χ0n) is 12.2. The van der Waals surface area contributed by atoms with Gasteiger partial charge in [0.25, 0.3) is 5.91 Å². The molecule has 0 N–H and O–H groups in total. The van der Waals surface area contributed by atoms with E-state index >= 15 is 0 Å². The molecule has 4 heteroatoms. The molecule has 0 bridgehead atoms. The van der Waals surface area contributed by atoms with E-state index in [9.17, 15) is 4.79 Å². The van der Waals surface area contributed by atoms with Crippen molar-refractivity contribution in [2.45, 2.75) is 25.7 Å². The molecule has 1 aliphatic heterocycles. The Morgan fingerprint density at radius 1 is 1.14 bits per heavy atom. The molecule has 108 valence electrons. The van der Waals surface area contributed by atoms with Gasteiger partial charge in [0.2, 0.25) is 0 Å². The molecular formula is C17H19N3O. The van der Waals surface area contributed by atoms with Crippen LogP contribution in [0, 0.1) is 6.92 Å². The third-order valence-electron chi connectivity index (χ3n) is 4.20. The lowest BCUT2D eigenvalue weighted by molar-refractivity contribution is 0.0705. The summed E-state index contributed by atoms with van der Waals surface area (Å²) in [5.74, 6) is 0.545. The molecule has 1 aliphatic rings. The van der Waals surface area contributed by atoms with Crippen LogP contribution in [0.4, 0.5) is 0 Å². The number of aryl methyl sites for hydroxylation is 1. The minimum absolute atomic E-state index is 0.00802. The third kappa shape index (κ3) is 2.94. The highest BCUT2D eigenvalue weighted by atomic mass is 16.2. The van der Waals surface area contributed by atoms with Gasteiger partial charge in [0, 0.05) is 19.3 Å². The summed E-state index contributed by atoms with van der Waals surface area (Å²) >= 11 is 0. The van der Waals surface area contributed by atoms with Gasteiger partial charge in [-0.05, 0) is 48.9 Å². The van der Waals surface area contributed by atoms with Crippen molar-refractivity contribution in [3.05, 3.63) is 59.4 Å². The average Bonchev–Trinajstić information content (AvgIpc) is 2.56. The van der Waals surface area contributed by atoms with Crippen molar-refractivity contribution < 1.29 is 4.79 Å². The molecule has 0 atom stereocenters. The highest BCUT2D eigenvalue weighted by Gasteiger charge is 2.25. The van der Waals surface area contributed by atoms with Crippen LogP contribution in [0.1, 0.15) is 40.4 Å². The molecule has 1 aromatic carbocycles. The highest BCUT2D eigenvalue weighted by molar-refractivity contribution is 5.92. The maximum atomic E-state index is 12.3. The number of amides is 1. The topological polar surface area (TPSA) is 46.1 Å². The van der Waals surface area contributed by atoms with Gasteiger partial charge in [0.15, 0.2) is 5.69 Å². The molecule has 2 aromatic rings. The van der Waals surface area contributed by atoms with Crippen LogP contribution in [0.5, 0.6) is 0 Å². The summed E-state index contributed by atoms with van der Waals surface area (Å²) in [7, 11) is 0. The van der Waals surface area contributed by atoms with E-state index in [1.165, 1.54) is 11.1 Å². The molecule has 1 fully saturated rings. The number of carbonyl (C=O) groups is 1. The summed E-state index contributed by atoms with van der Waals surface area (Å²) in [6.07, 6.45) is 3.61. The Hall–Kier alpha value is -2.23. The van der Waals surface area contributed by atoms with Gasteiger partial charge in [0.05, 0.1) is 0 Å². The summed E-state index contributed by atoms with van der Waals surface area (Å²) in [6, 6.07) is 12.0. The fourth-order valence-electron chi connectivity index (χ4n) is 3.02. The van der Waals surface area contributed by atoms with Crippen molar-refractivity contribution in [2.24, 2.45) is 0 Å². The molecule has 3 rings (SSSR count). The first kappa shape index (κ1) is 13.7. The molecule has 1 aromatic heterocycles. The van der Waals surface area contributed by atoms with Crippen molar-refractivity contribution in [2.75, 3.05) is 13.1 Å². The summed E-state index contributed by atoms with van der Waals surface area (Å²) < 4.78 is 0. The standard InChI is InChI=1S/C17H19N3O/c1-13-5-2-3-6-15(13)14-8-11-20(12-9-14)17(21)16-7-4-10-18-19-16/h2-7,10,14H,8-9,11-12H2,1H3. The number of carbonyl (C=O) groups excluding carboxylic acids is 1. The minimum atomic E-state index is -0.00802. The maximum absolute atomic E-state index is 12.3. The van der Waals surface area contributed by atoms with Crippen LogP contribution < -0.4 is 0 Å². The van der Waals surface area contributed by atoms with E-state index in [2.05, 4.69) is 41.4 Å². The van der Waals surface area contributed by atoms with E-state index in [1.807, 2.05) is 4.90 Å². The second-order valence-corrected chi connectivity index (χ2v) is 5.53. The van der Waals surface area contributed by atoms with Crippen LogP contribution >= 0.6 is 0 Å². The molecule has 1 saturated heterocycles. The molecule has 0 spiro atoms. The van der Waals surface area contributed by atoms with E-state index in [0.29, 0.717) is 11.6 Å². The fraction of sp³-hybridized carbons (Fsp3) is 0.353. The van der Waals surface area contributed by atoms with Gasteiger partial charge < -0.3 is 4.90 Å². The summed E-state index contributed by atoms with van der Waals surface area (Å²) in [5.41, 5.74) is 3.20. The first-order valence-electron chi connectivity index (χ1n) is 7.38. The lowest BCUT2D eigenvalue weighted by Gasteiger charge is -2.32. The van der Waals surface area contributed by atoms with E-state index in [1.54, 1.807) is 18.3 Å². The lowest BCUT2D eigenvalue weighted by Crippen LogP contribution is -2.38. The summed E-state index contributed by atoms with van der Waals surface area (Å²) in [6.45, 7) is 3.73. The molecule has 4 nitrogen and oxygen atoms in total. The summed E-state index contributed by atoms with van der Waals surface area (Å²) in [4.78, 5) is 14.2. The van der Waals surface area contributed by atoms with Crippen LogP contribution in [-0.2, 0) is 0 Å². The van der Waals surface area contributed by atoms with Gasteiger partial charge in [-0.1, -0.05) is 24.3 Å². The zero-order valence-corrected chi connectivity index (χ0v) is 12.2. The van der Waals surface area contributed by atoms with E-state index in [-0.39, 0.29) is 5.91 Å². The second-order valence-electron chi connectivity index (χ2n) is 5.53. The predicted molar refractivity (Wildman–Crippen MR) is 81.1 cm³/mol. The smallest absolute Gasteiger partial charge is 0.274 e. The van der Waals surface area contributed by atoms with Gasteiger partial charge >= 0.3 is 0 Å². The SMILES string of the molecule is Cc1ccccc1C1CCN(C(=O)c2cccnn2)CC1.